The van der Waals surface area contributed by atoms with Crippen molar-refractivity contribution < 1.29 is 51.2 Å². The highest BCUT2D eigenvalue weighted by Gasteiger charge is 2.43. The van der Waals surface area contributed by atoms with Gasteiger partial charge < -0.3 is 27.9 Å². The number of carbonyl (C=O) groups is 2. The molecule has 0 aliphatic carbocycles. The molecule has 12 rings (SSSR count). The Morgan fingerprint density at radius 1 is 0.474 bits per heavy atom. The molecule has 0 aliphatic rings. The summed E-state index contributed by atoms with van der Waals surface area (Å²) in [6.45, 7) is 14.2. The smallest absolute Gasteiger partial charge is 0.324 e. The van der Waals surface area contributed by atoms with Crippen LogP contribution in [0.25, 0.3) is 61.9 Å². The predicted octanol–water partition coefficient (Wildman–Crippen LogP) is 26.2. The molecule has 2 unspecified atom stereocenters. The quantitative estimate of drug-likeness (QED) is 0.0305. The van der Waals surface area contributed by atoms with Crippen molar-refractivity contribution >= 4 is 226 Å². The van der Waals surface area contributed by atoms with Gasteiger partial charge >= 0.3 is 22.8 Å². The lowest BCUT2D eigenvalue weighted by molar-refractivity contribution is -0.119. The second-order valence-electron chi connectivity index (χ2n) is 22.7. The first kappa shape index (κ1) is 80.6. The number of ketones is 2. The van der Waals surface area contributed by atoms with E-state index in [1.807, 2.05) is 146 Å². The molecule has 11 nitrogen and oxygen atoms in total. The molecular formula is C72H75Br2Cl4O11P3S4Si. The number of hydrogen-bond donors (Lipinski definition) is 2. The van der Waals surface area contributed by atoms with Gasteiger partial charge in [-0.05, 0) is 198 Å². The van der Waals surface area contributed by atoms with E-state index in [0.717, 1.165) is 73.5 Å². The van der Waals surface area contributed by atoms with Crippen LogP contribution in [-0.4, -0.2) is 54.5 Å². The van der Waals surface area contributed by atoms with Crippen molar-refractivity contribution in [3.05, 3.63) is 233 Å². The van der Waals surface area contributed by atoms with Crippen molar-refractivity contribution in [1.82, 2.24) is 0 Å². The maximum Gasteiger partial charge on any atom is 0.345 e. The van der Waals surface area contributed by atoms with Crippen LogP contribution in [0, 0.1) is 0 Å². The number of fused-ring (bicyclic) bond motifs is 6. The van der Waals surface area contributed by atoms with Crippen LogP contribution in [0.3, 0.4) is 0 Å². The van der Waals surface area contributed by atoms with Gasteiger partial charge in [-0.1, -0.05) is 174 Å². The lowest BCUT2D eigenvalue weighted by Gasteiger charge is -2.25. The third-order valence-electron chi connectivity index (χ3n) is 14.4. The second kappa shape index (κ2) is 36.9. The summed E-state index contributed by atoms with van der Waals surface area (Å²) in [7, 11) is -11.5. The summed E-state index contributed by atoms with van der Waals surface area (Å²) < 4.78 is 64.8. The number of thiophene rings is 4. The van der Waals surface area contributed by atoms with Gasteiger partial charge in [-0.3, -0.25) is 23.3 Å². The molecule has 4 heterocycles. The van der Waals surface area contributed by atoms with E-state index in [9.17, 15) is 33.1 Å². The molecule has 0 amide bonds. The Bertz CT molecular complexity index is 4800. The van der Waals surface area contributed by atoms with E-state index >= 15 is 0 Å². The van der Waals surface area contributed by atoms with E-state index in [4.69, 9.17) is 64.5 Å². The number of benzene rings is 8. The van der Waals surface area contributed by atoms with Gasteiger partial charge in [0.15, 0.2) is 11.6 Å². The first-order valence-corrected chi connectivity index (χ1v) is 47.3. The Morgan fingerprint density at radius 2 is 0.814 bits per heavy atom. The fraction of sp³-hybridized carbons (Fsp3) is 0.250. The summed E-state index contributed by atoms with van der Waals surface area (Å²) in [5, 5.41) is 19.0. The first-order chi connectivity index (χ1) is 45.7. The Kier molecular flexibility index (Phi) is 30.7. The number of carbonyl (C=O) groups excluding carboxylic acids is 2. The largest absolute Gasteiger partial charge is 0.345 e. The normalized spacial score (nSPS) is 12.4. The standard InChI is InChI=1S/C25H24ClO4PS.C21H16ClO4PS.C13H16ClO3PS.C9H6BrClS.C3H9BrSi.CH4/c1-3-29-31(28,30-4-2)25(22-16-32-24-12-11-20(26)15-21(22)24)23(27)14-17-9-10-18-7-5-6-8-19(18)13-17;22-16-7-8-20-17(11-16)18(12-28-20)21(27(24,25)26)19(23)10-13-5-6-14-3-1-2-4-15(14)9-13;1-3-16-18(15,17-4-2)8-10-9-19-13-6-5-11(14)7-12(10)13;10-4-6-5-12-9-2-1-7(11)3-8(6)9;1-5(2,3)4;/h5-13,15-16,25H,3-4,14H2,1-2H3;1-9,11-12,21H,10H2,(H2,24,25,26);5-7,9H,3-4,8H2,1-2H3;1-3,5H,4H2;1-3H3;1H4. The number of rotatable bonds is 21. The minimum atomic E-state index is -4.71. The topological polar surface area (TPSA) is 163 Å². The molecule has 0 spiro atoms. The van der Waals surface area contributed by atoms with Crippen LogP contribution >= 0.6 is 146 Å². The van der Waals surface area contributed by atoms with E-state index in [-0.39, 0.29) is 45.4 Å². The highest BCUT2D eigenvalue weighted by Crippen LogP contribution is 2.63. The van der Waals surface area contributed by atoms with Crippen LogP contribution in [0.5, 0.6) is 0 Å². The zero-order valence-corrected chi connectivity index (χ0v) is 66.6. The molecular weight excluding hydrogens is 1590 g/mol. The second-order valence-corrected chi connectivity index (χ2v) is 45.8. The molecule has 0 aliphatic heterocycles. The Morgan fingerprint density at radius 3 is 1.21 bits per heavy atom. The van der Waals surface area contributed by atoms with Gasteiger partial charge in [0.25, 0.3) is 0 Å². The maximum atomic E-state index is 13.9. The number of alkyl halides is 1. The minimum absolute atomic E-state index is 0. The van der Waals surface area contributed by atoms with Gasteiger partial charge in [-0.15, -0.1) is 60.6 Å². The van der Waals surface area contributed by atoms with Crippen LogP contribution in [0.2, 0.25) is 39.7 Å². The van der Waals surface area contributed by atoms with Gasteiger partial charge in [0, 0.05) is 57.1 Å². The molecule has 514 valence electrons. The average Bonchev–Trinajstić information content (AvgIpc) is 1.71. The van der Waals surface area contributed by atoms with Crippen molar-refractivity contribution in [2.75, 3.05) is 26.4 Å². The van der Waals surface area contributed by atoms with E-state index in [0.29, 0.717) is 44.8 Å². The fourth-order valence-corrected chi connectivity index (χ4v) is 20.8. The lowest BCUT2D eigenvalue weighted by atomic mass is 9.99. The third-order valence-corrected chi connectivity index (χ3v) is 25.6. The van der Waals surface area contributed by atoms with Gasteiger partial charge in [0.1, 0.15) is 18.0 Å². The number of hydrogen-bond acceptors (Lipinski definition) is 13. The van der Waals surface area contributed by atoms with Gasteiger partial charge in [0.05, 0.1) is 32.6 Å². The van der Waals surface area contributed by atoms with Gasteiger partial charge in [-0.2, -0.15) is 0 Å². The average molecular weight is 1670 g/mol. The fourth-order valence-electron chi connectivity index (χ4n) is 10.4. The molecule has 0 radical (unpaired) electrons. The highest BCUT2D eigenvalue weighted by atomic mass is 79.9. The molecule has 0 fully saturated rings. The van der Waals surface area contributed by atoms with Crippen LogP contribution in [-0.2, 0) is 65.7 Å². The summed E-state index contributed by atoms with van der Waals surface area (Å²) in [4.78, 5) is 46.6. The summed E-state index contributed by atoms with van der Waals surface area (Å²) >= 11 is 37.4. The van der Waals surface area contributed by atoms with Gasteiger partial charge in [-0.25, -0.2) is 0 Å². The monoisotopic (exact) mass is 1660 g/mol. The molecule has 4 aromatic heterocycles. The minimum Gasteiger partial charge on any atom is -0.324 e. The molecule has 0 saturated carbocycles. The third kappa shape index (κ3) is 22.4. The van der Waals surface area contributed by atoms with Crippen molar-refractivity contribution in [3.63, 3.8) is 0 Å². The van der Waals surface area contributed by atoms with Crippen LogP contribution in [0.4, 0.5) is 0 Å². The molecule has 8 aromatic carbocycles. The zero-order valence-electron chi connectivity index (χ0n) is 53.4. The van der Waals surface area contributed by atoms with Crippen molar-refractivity contribution in [1.29, 1.82) is 0 Å². The Balaban J connectivity index is 0.000000185. The van der Waals surface area contributed by atoms with Crippen LogP contribution in [0.1, 0.15) is 79.8 Å². The van der Waals surface area contributed by atoms with E-state index in [2.05, 4.69) is 62.3 Å². The molecule has 97 heavy (non-hydrogen) atoms. The van der Waals surface area contributed by atoms with Crippen molar-refractivity contribution in [2.24, 2.45) is 0 Å². The molecule has 25 heteroatoms. The first-order valence-electron chi connectivity index (χ1n) is 30.4. The molecule has 2 N–H and O–H groups in total. The van der Waals surface area contributed by atoms with Crippen molar-refractivity contribution in [2.45, 2.75) is 90.4 Å². The number of halogens is 6. The molecule has 12 aromatic rings. The maximum absolute atomic E-state index is 13.9. The van der Waals surface area contributed by atoms with E-state index in [1.165, 1.54) is 38.3 Å². The summed E-state index contributed by atoms with van der Waals surface area (Å²) in [5.41, 5.74) is 2.30. The predicted molar refractivity (Wildman–Crippen MR) is 427 cm³/mol. The van der Waals surface area contributed by atoms with Gasteiger partial charge in [0.2, 0.25) is 0 Å². The summed E-state index contributed by atoms with van der Waals surface area (Å²) in [5.74, 6) is -0.714. The van der Waals surface area contributed by atoms with E-state index < -0.39 is 46.6 Å². The molecule has 0 saturated heterocycles. The van der Waals surface area contributed by atoms with Crippen LogP contribution < -0.4 is 0 Å². The SMILES string of the molecule is C.CCOP(=O)(Cc1csc2ccc(Cl)cc12)OCC.CCOP(=O)(OCC)C(C(=O)Cc1ccc2ccccc2c1)c1csc2ccc(Cl)cc12.C[Si](C)(C)Br.Clc1ccc2scc(CBr)c2c1.O=C(Cc1ccc2ccccc2c1)C(c1csc2ccc(Cl)cc12)P(=O)(O)O. The molecule has 2 atom stereocenters. The lowest BCUT2D eigenvalue weighted by Crippen LogP contribution is -2.18. The Labute approximate surface area is 620 Å². The Hall–Kier alpha value is -3.75. The number of Topliss-reactive ketones (excluding diaryl/α,β-unsaturated/α-hetero) is 2. The van der Waals surface area contributed by atoms with E-state index in [1.54, 1.807) is 72.2 Å². The molecule has 0 bridgehead atoms. The summed E-state index contributed by atoms with van der Waals surface area (Å²) in [6, 6.07) is 49.7. The van der Waals surface area contributed by atoms with Crippen molar-refractivity contribution in [3.8, 4) is 0 Å². The highest BCUT2D eigenvalue weighted by molar-refractivity contribution is 9.26. The summed E-state index contributed by atoms with van der Waals surface area (Å²) in [6.07, 6.45) is 0.352. The van der Waals surface area contributed by atoms with Crippen LogP contribution in [0.15, 0.2) is 179 Å². The zero-order chi connectivity index (χ0) is 69.5.